The summed E-state index contributed by atoms with van der Waals surface area (Å²) in [5, 5.41) is 9.35. The van der Waals surface area contributed by atoms with E-state index in [1.165, 1.54) is 16.0 Å². The summed E-state index contributed by atoms with van der Waals surface area (Å²) in [5.74, 6) is -0.791. The van der Waals surface area contributed by atoms with E-state index in [0.29, 0.717) is 44.7 Å². The number of hydrogen-bond donors (Lipinski definition) is 1. The molecule has 1 aromatic rings. The number of carbonyl (C=O) groups excluding carboxylic acids is 2. The fourth-order valence-corrected chi connectivity index (χ4v) is 4.96. The lowest BCUT2D eigenvalue weighted by Crippen LogP contribution is -2.51. The SMILES string of the molecule is O=C(O)[C@@H]1CCCN1C(=O)[C@@H]1CCCN1C(=O)CC1Cc2ccccc2C1. The number of benzene rings is 1. The van der Waals surface area contributed by atoms with E-state index in [9.17, 15) is 19.5 Å². The highest BCUT2D eigenvalue weighted by molar-refractivity contribution is 5.91. The van der Waals surface area contributed by atoms with Crippen molar-refractivity contribution >= 4 is 17.8 Å². The average Bonchev–Trinajstić information content (AvgIpc) is 3.38. The van der Waals surface area contributed by atoms with Crippen LogP contribution >= 0.6 is 0 Å². The average molecular weight is 370 g/mol. The van der Waals surface area contributed by atoms with Crippen LogP contribution in [0, 0.1) is 5.92 Å². The maximum Gasteiger partial charge on any atom is 0.326 e. The number of carboxylic acid groups (broad SMARTS) is 1. The molecule has 0 bridgehead atoms. The van der Waals surface area contributed by atoms with Crippen molar-refractivity contribution in [2.45, 2.75) is 57.0 Å². The molecule has 2 aliphatic heterocycles. The van der Waals surface area contributed by atoms with Gasteiger partial charge in [-0.3, -0.25) is 9.59 Å². The van der Waals surface area contributed by atoms with Gasteiger partial charge in [-0.15, -0.1) is 0 Å². The molecule has 0 radical (unpaired) electrons. The van der Waals surface area contributed by atoms with Gasteiger partial charge in [0.15, 0.2) is 0 Å². The first-order valence-electron chi connectivity index (χ1n) is 9.94. The number of hydrogen-bond acceptors (Lipinski definition) is 3. The van der Waals surface area contributed by atoms with E-state index < -0.39 is 18.1 Å². The first kappa shape index (κ1) is 18.0. The predicted octanol–water partition coefficient (Wildman–Crippen LogP) is 1.86. The zero-order chi connectivity index (χ0) is 19.0. The van der Waals surface area contributed by atoms with Crippen LogP contribution in [0.3, 0.4) is 0 Å². The molecule has 0 saturated carbocycles. The Kier molecular flexibility index (Phi) is 4.89. The Hall–Kier alpha value is -2.37. The molecule has 2 fully saturated rings. The van der Waals surface area contributed by atoms with Gasteiger partial charge in [0.1, 0.15) is 12.1 Å². The molecule has 2 atom stereocenters. The summed E-state index contributed by atoms with van der Waals surface area (Å²) in [6, 6.07) is 7.10. The first-order valence-corrected chi connectivity index (χ1v) is 9.94. The van der Waals surface area contributed by atoms with Gasteiger partial charge in [-0.2, -0.15) is 0 Å². The van der Waals surface area contributed by atoms with Crippen molar-refractivity contribution in [1.29, 1.82) is 0 Å². The van der Waals surface area contributed by atoms with Gasteiger partial charge >= 0.3 is 5.97 Å². The normalized spacial score (nSPS) is 25.0. The van der Waals surface area contributed by atoms with E-state index in [0.717, 1.165) is 19.3 Å². The molecule has 2 amide bonds. The zero-order valence-electron chi connectivity index (χ0n) is 15.5. The van der Waals surface area contributed by atoms with Gasteiger partial charge in [0.25, 0.3) is 0 Å². The fourth-order valence-electron chi connectivity index (χ4n) is 4.96. The Morgan fingerprint density at radius 3 is 2.15 bits per heavy atom. The number of fused-ring (bicyclic) bond motifs is 1. The molecule has 1 N–H and O–H groups in total. The number of rotatable bonds is 4. The number of carbonyl (C=O) groups is 3. The van der Waals surface area contributed by atoms with Crippen molar-refractivity contribution < 1.29 is 19.5 Å². The molecule has 0 unspecified atom stereocenters. The Morgan fingerprint density at radius 1 is 0.926 bits per heavy atom. The van der Waals surface area contributed by atoms with Crippen LogP contribution in [0.15, 0.2) is 24.3 Å². The number of carboxylic acids is 1. The van der Waals surface area contributed by atoms with E-state index in [-0.39, 0.29) is 11.8 Å². The van der Waals surface area contributed by atoms with Gasteiger partial charge in [-0.25, -0.2) is 4.79 Å². The van der Waals surface area contributed by atoms with Crippen molar-refractivity contribution in [1.82, 2.24) is 9.80 Å². The highest BCUT2D eigenvalue weighted by atomic mass is 16.4. The van der Waals surface area contributed by atoms with Crippen LogP contribution in [0.25, 0.3) is 0 Å². The Bertz CT molecular complexity index is 737. The highest BCUT2D eigenvalue weighted by Gasteiger charge is 2.42. The van der Waals surface area contributed by atoms with Gasteiger partial charge in [0.05, 0.1) is 0 Å². The number of aliphatic carboxylic acids is 1. The minimum absolute atomic E-state index is 0.0368. The lowest BCUT2D eigenvalue weighted by molar-refractivity contribution is -0.151. The molecule has 6 heteroatoms. The van der Waals surface area contributed by atoms with E-state index in [1.807, 2.05) is 12.1 Å². The second-order valence-electron chi connectivity index (χ2n) is 8.02. The lowest BCUT2D eigenvalue weighted by atomic mass is 10.0. The van der Waals surface area contributed by atoms with Crippen LogP contribution in [0.4, 0.5) is 0 Å². The van der Waals surface area contributed by atoms with Crippen LogP contribution in [0.5, 0.6) is 0 Å². The molecule has 6 nitrogen and oxygen atoms in total. The highest BCUT2D eigenvalue weighted by Crippen LogP contribution is 2.31. The topological polar surface area (TPSA) is 77.9 Å². The monoisotopic (exact) mass is 370 g/mol. The van der Waals surface area contributed by atoms with Crippen LogP contribution in [0.1, 0.15) is 43.2 Å². The molecular weight excluding hydrogens is 344 g/mol. The van der Waals surface area contributed by atoms with Crippen molar-refractivity contribution in [2.24, 2.45) is 5.92 Å². The maximum absolute atomic E-state index is 13.0. The second-order valence-corrected chi connectivity index (χ2v) is 8.02. The Labute approximate surface area is 159 Å². The summed E-state index contributed by atoms with van der Waals surface area (Å²) in [6.45, 7) is 1.08. The molecule has 1 aliphatic carbocycles. The molecule has 4 rings (SSSR count). The van der Waals surface area contributed by atoms with E-state index in [4.69, 9.17) is 0 Å². The molecule has 3 aliphatic rings. The molecule has 1 aromatic carbocycles. The van der Waals surface area contributed by atoms with E-state index in [2.05, 4.69) is 12.1 Å². The molecule has 27 heavy (non-hydrogen) atoms. The number of likely N-dealkylation sites (tertiary alicyclic amines) is 2. The molecule has 0 spiro atoms. The third kappa shape index (κ3) is 3.45. The minimum atomic E-state index is -0.944. The van der Waals surface area contributed by atoms with Crippen LogP contribution < -0.4 is 0 Å². The largest absolute Gasteiger partial charge is 0.480 e. The van der Waals surface area contributed by atoms with Crippen LogP contribution in [-0.2, 0) is 27.2 Å². The molecule has 2 heterocycles. The van der Waals surface area contributed by atoms with Crippen LogP contribution in [-0.4, -0.2) is 57.9 Å². The second kappa shape index (κ2) is 7.33. The quantitative estimate of drug-likeness (QED) is 0.878. The summed E-state index contributed by atoms with van der Waals surface area (Å²) in [6.07, 6.45) is 4.95. The Balaban J connectivity index is 1.40. The fraction of sp³-hybridized carbons (Fsp3) is 0.571. The predicted molar refractivity (Wildman–Crippen MR) is 99.1 cm³/mol. The van der Waals surface area contributed by atoms with Gasteiger partial charge in [0, 0.05) is 19.5 Å². The molecule has 0 aromatic heterocycles. The van der Waals surface area contributed by atoms with Gasteiger partial charge in [0.2, 0.25) is 11.8 Å². The summed E-state index contributed by atoms with van der Waals surface area (Å²) in [5.41, 5.74) is 2.65. The van der Waals surface area contributed by atoms with Gasteiger partial charge in [-0.1, -0.05) is 24.3 Å². The van der Waals surface area contributed by atoms with E-state index in [1.54, 1.807) is 4.90 Å². The standard InChI is InChI=1S/C21H26N2O4/c24-19(13-14-11-15-5-1-2-6-16(15)12-14)22-9-3-7-17(22)20(25)23-10-4-8-18(23)21(26)27/h1-2,5-6,14,17-18H,3-4,7-13H2,(H,26,27)/t17-,18-/m0/s1. The number of amides is 2. The van der Waals surface area contributed by atoms with Crippen molar-refractivity contribution in [2.75, 3.05) is 13.1 Å². The lowest BCUT2D eigenvalue weighted by Gasteiger charge is -2.30. The van der Waals surface area contributed by atoms with Crippen molar-refractivity contribution in [3.05, 3.63) is 35.4 Å². The minimum Gasteiger partial charge on any atom is -0.480 e. The van der Waals surface area contributed by atoms with Crippen molar-refractivity contribution in [3.63, 3.8) is 0 Å². The van der Waals surface area contributed by atoms with Crippen molar-refractivity contribution in [3.8, 4) is 0 Å². The summed E-state index contributed by atoms with van der Waals surface area (Å²) < 4.78 is 0. The summed E-state index contributed by atoms with van der Waals surface area (Å²) in [7, 11) is 0. The van der Waals surface area contributed by atoms with Crippen LogP contribution in [0.2, 0.25) is 0 Å². The molecule has 2 saturated heterocycles. The molecule has 144 valence electrons. The summed E-state index contributed by atoms with van der Waals surface area (Å²) in [4.78, 5) is 40.5. The smallest absolute Gasteiger partial charge is 0.326 e. The van der Waals surface area contributed by atoms with Gasteiger partial charge < -0.3 is 14.9 Å². The first-order chi connectivity index (χ1) is 13.0. The maximum atomic E-state index is 13.0. The summed E-state index contributed by atoms with van der Waals surface area (Å²) >= 11 is 0. The number of nitrogens with zero attached hydrogens (tertiary/aromatic N) is 2. The third-order valence-corrected chi connectivity index (χ3v) is 6.28. The van der Waals surface area contributed by atoms with Gasteiger partial charge in [-0.05, 0) is 55.6 Å². The van der Waals surface area contributed by atoms with E-state index >= 15 is 0 Å². The Morgan fingerprint density at radius 2 is 1.52 bits per heavy atom. The third-order valence-electron chi connectivity index (χ3n) is 6.28. The zero-order valence-corrected chi connectivity index (χ0v) is 15.5. The molecular formula is C21H26N2O4.